The summed E-state index contributed by atoms with van der Waals surface area (Å²) in [7, 11) is 0. The third-order valence-electron chi connectivity index (χ3n) is 4.93. The maximum absolute atomic E-state index is 12.3. The van der Waals surface area contributed by atoms with Crippen LogP contribution in [0.4, 0.5) is 0 Å². The van der Waals surface area contributed by atoms with E-state index in [1.165, 1.54) is 21.8 Å². The number of aryl methyl sites for hydroxylation is 1. The van der Waals surface area contributed by atoms with Crippen molar-refractivity contribution in [2.75, 3.05) is 6.61 Å². The summed E-state index contributed by atoms with van der Waals surface area (Å²) in [4.78, 5) is 38.4. The van der Waals surface area contributed by atoms with Gasteiger partial charge in [-0.2, -0.15) is 0 Å². The van der Waals surface area contributed by atoms with Crippen LogP contribution >= 0.6 is 11.3 Å². The molecule has 7 heteroatoms. The van der Waals surface area contributed by atoms with Crippen molar-refractivity contribution >= 4 is 28.9 Å². The number of thiophene rings is 1. The average Bonchev–Trinajstić information content (AvgIpc) is 3.14. The maximum Gasteiger partial charge on any atom is 0.279 e. The number of hydrazine groups is 1. The summed E-state index contributed by atoms with van der Waals surface area (Å²) in [5.41, 5.74) is 6.62. The second kappa shape index (κ2) is 9.69. The number of benzene rings is 1. The van der Waals surface area contributed by atoms with Gasteiger partial charge >= 0.3 is 0 Å². The molecule has 1 heterocycles. The number of Topliss-reactive ketones (excluding diaryl/α,β-unsaturated/α-hetero) is 1. The smallest absolute Gasteiger partial charge is 0.279 e. The van der Waals surface area contributed by atoms with Gasteiger partial charge in [0.2, 0.25) is 5.91 Å². The second-order valence-electron chi connectivity index (χ2n) is 7.29. The first kappa shape index (κ1) is 21.0. The number of nitrogens with one attached hydrogen (secondary N) is 2. The van der Waals surface area contributed by atoms with Crippen molar-refractivity contribution in [1.29, 1.82) is 0 Å². The summed E-state index contributed by atoms with van der Waals surface area (Å²) in [6.07, 6.45) is 3.23. The van der Waals surface area contributed by atoms with E-state index in [1.54, 1.807) is 24.3 Å². The van der Waals surface area contributed by atoms with Gasteiger partial charge in [0.25, 0.3) is 5.91 Å². The molecule has 1 unspecified atom stereocenters. The first-order valence-electron chi connectivity index (χ1n) is 9.93. The Kier molecular flexibility index (Phi) is 7.04. The van der Waals surface area contributed by atoms with Gasteiger partial charge in [-0.1, -0.05) is 6.92 Å². The average molecular weight is 415 g/mol. The number of ketones is 1. The minimum Gasteiger partial charge on any atom is -0.494 e. The first-order valence-corrected chi connectivity index (χ1v) is 10.7. The zero-order valence-electron chi connectivity index (χ0n) is 16.7. The quantitative estimate of drug-likeness (QED) is 0.534. The summed E-state index contributed by atoms with van der Waals surface area (Å²) in [6, 6.07) is 8.77. The highest BCUT2D eigenvalue weighted by molar-refractivity contribution is 7.14. The number of hydrogen-bond acceptors (Lipinski definition) is 5. The Labute approximate surface area is 174 Å². The van der Waals surface area contributed by atoms with E-state index in [9.17, 15) is 14.4 Å². The number of fused-ring (bicyclic) bond motifs is 1. The van der Waals surface area contributed by atoms with Gasteiger partial charge in [0.05, 0.1) is 11.5 Å². The van der Waals surface area contributed by atoms with Gasteiger partial charge in [-0.15, -0.1) is 11.3 Å². The minimum atomic E-state index is -0.396. The number of hydrogen-bond donors (Lipinski definition) is 2. The molecule has 0 spiro atoms. The Bertz CT molecular complexity index is 889. The molecule has 0 bridgehead atoms. The van der Waals surface area contributed by atoms with Crippen LogP contribution in [0.25, 0.3) is 0 Å². The van der Waals surface area contributed by atoms with Crippen LogP contribution in [0.1, 0.15) is 63.6 Å². The van der Waals surface area contributed by atoms with Gasteiger partial charge in [-0.25, -0.2) is 0 Å². The number of ether oxygens (including phenoxy) is 1. The van der Waals surface area contributed by atoms with Gasteiger partial charge in [0, 0.05) is 23.3 Å². The number of carbonyl (C=O) groups excluding carboxylic acids is 3. The van der Waals surface area contributed by atoms with Crippen molar-refractivity contribution in [3.63, 3.8) is 0 Å². The molecule has 0 aliphatic heterocycles. The molecular formula is C22H26N2O4S. The highest BCUT2D eigenvalue weighted by atomic mass is 32.1. The molecule has 1 aliphatic carbocycles. The molecule has 6 nitrogen and oxygen atoms in total. The van der Waals surface area contributed by atoms with E-state index >= 15 is 0 Å². The molecule has 0 fully saturated rings. The van der Waals surface area contributed by atoms with Gasteiger partial charge in [-0.3, -0.25) is 25.2 Å². The zero-order chi connectivity index (χ0) is 20.8. The van der Waals surface area contributed by atoms with Crippen LogP contribution in [0.15, 0.2) is 30.3 Å². The summed E-state index contributed by atoms with van der Waals surface area (Å²) >= 11 is 1.49. The summed E-state index contributed by atoms with van der Waals surface area (Å²) in [5, 5.41) is 0. The van der Waals surface area contributed by atoms with Crippen molar-refractivity contribution in [3.8, 4) is 5.75 Å². The monoisotopic (exact) mass is 414 g/mol. The van der Waals surface area contributed by atoms with E-state index in [2.05, 4.69) is 17.8 Å². The number of carbonyl (C=O) groups is 3. The Hall–Kier alpha value is -2.67. The highest BCUT2D eigenvalue weighted by Gasteiger charge is 2.21. The van der Waals surface area contributed by atoms with E-state index in [4.69, 9.17) is 4.74 Å². The summed E-state index contributed by atoms with van der Waals surface area (Å²) < 4.78 is 5.35. The van der Waals surface area contributed by atoms with E-state index in [0.717, 1.165) is 19.3 Å². The van der Waals surface area contributed by atoms with Crippen molar-refractivity contribution in [3.05, 3.63) is 51.2 Å². The predicted molar refractivity (Wildman–Crippen MR) is 112 cm³/mol. The van der Waals surface area contributed by atoms with E-state index in [-0.39, 0.29) is 24.5 Å². The van der Waals surface area contributed by atoms with Crippen molar-refractivity contribution < 1.29 is 19.1 Å². The minimum absolute atomic E-state index is 0.00474. The molecule has 1 aromatic carbocycles. The highest BCUT2D eigenvalue weighted by Crippen LogP contribution is 2.32. The zero-order valence-corrected chi connectivity index (χ0v) is 17.6. The van der Waals surface area contributed by atoms with Crippen LogP contribution < -0.4 is 15.6 Å². The molecule has 0 saturated carbocycles. The summed E-state index contributed by atoms with van der Waals surface area (Å²) in [5.74, 6) is 0.500. The van der Waals surface area contributed by atoms with Crippen molar-refractivity contribution in [2.24, 2.45) is 5.92 Å². The van der Waals surface area contributed by atoms with Crippen LogP contribution in [0.5, 0.6) is 5.75 Å². The number of rotatable bonds is 7. The van der Waals surface area contributed by atoms with Gasteiger partial charge < -0.3 is 4.74 Å². The molecule has 2 N–H and O–H groups in total. The third kappa shape index (κ3) is 5.67. The van der Waals surface area contributed by atoms with Crippen LogP contribution in [0.3, 0.4) is 0 Å². The Morgan fingerprint density at radius 3 is 2.62 bits per heavy atom. The lowest BCUT2D eigenvalue weighted by atomic mass is 9.90. The predicted octanol–water partition coefficient (Wildman–Crippen LogP) is 3.70. The molecule has 0 saturated heterocycles. The Morgan fingerprint density at radius 2 is 1.90 bits per heavy atom. The van der Waals surface area contributed by atoms with Crippen molar-refractivity contribution in [2.45, 2.75) is 46.0 Å². The SMILES string of the molecule is CCOc1ccc(C(=O)CCC(=O)NNC(=O)c2cc3c(s2)CCC(C)C3)cc1. The molecule has 154 valence electrons. The fraction of sp³-hybridized carbons (Fsp3) is 0.409. The molecule has 1 aromatic heterocycles. The van der Waals surface area contributed by atoms with Gasteiger partial charge in [0.1, 0.15) is 5.75 Å². The van der Waals surface area contributed by atoms with E-state index in [1.807, 2.05) is 13.0 Å². The molecule has 3 rings (SSSR count). The van der Waals surface area contributed by atoms with Crippen LogP contribution in [0.2, 0.25) is 0 Å². The molecule has 1 atom stereocenters. The fourth-order valence-electron chi connectivity index (χ4n) is 3.34. The first-order chi connectivity index (χ1) is 14.0. The van der Waals surface area contributed by atoms with Gasteiger partial charge in [0.15, 0.2) is 5.78 Å². The molecule has 29 heavy (non-hydrogen) atoms. The molecular weight excluding hydrogens is 388 g/mol. The van der Waals surface area contributed by atoms with E-state index < -0.39 is 5.91 Å². The largest absolute Gasteiger partial charge is 0.494 e. The standard InChI is InChI=1S/C22H26N2O4S/c1-3-28-17-7-5-15(6-8-17)18(25)9-11-21(26)23-24-22(27)20-13-16-12-14(2)4-10-19(16)29-20/h5-8,13-14H,3-4,9-12H2,1-2H3,(H,23,26)(H,24,27). The van der Waals surface area contributed by atoms with Crippen LogP contribution in [-0.4, -0.2) is 24.2 Å². The number of amides is 2. The molecule has 2 amide bonds. The lowest BCUT2D eigenvalue weighted by Crippen LogP contribution is -2.41. The summed E-state index contributed by atoms with van der Waals surface area (Å²) in [6.45, 7) is 4.67. The van der Waals surface area contributed by atoms with Crippen LogP contribution in [-0.2, 0) is 17.6 Å². The second-order valence-corrected chi connectivity index (χ2v) is 8.43. The molecule has 2 aromatic rings. The van der Waals surface area contributed by atoms with Crippen LogP contribution in [0, 0.1) is 5.92 Å². The molecule has 0 radical (unpaired) electrons. The Balaban J connectivity index is 1.43. The van der Waals surface area contributed by atoms with E-state index in [0.29, 0.717) is 28.7 Å². The van der Waals surface area contributed by atoms with Gasteiger partial charge in [-0.05, 0) is 68.0 Å². The third-order valence-corrected chi connectivity index (χ3v) is 6.17. The fourth-order valence-corrected chi connectivity index (χ4v) is 4.45. The normalized spacial score (nSPS) is 15.3. The Morgan fingerprint density at radius 1 is 1.14 bits per heavy atom. The lowest BCUT2D eigenvalue weighted by Gasteiger charge is -2.16. The molecule has 1 aliphatic rings. The maximum atomic E-state index is 12.3. The topological polar surface area (TPSA) is 84.5 Å². The lowest BCUT2D eigenvalue weighted by molar-refractivity contribution is -0.121. The van der Waals surface area contributed by atoms with Crippen molar-refractivity contribution in [1.82, 2.24) is 10.9 Å².